The van der Waals surface area contributed by atoms with E-state index in [1.807, 2.05) is 0 Å². The Kier molecular flexibility index (Phi) is 8.69. The zero-order valence-corrected chi connectivity index (χ0v) is 24.4. The topological polar surface area (TPSA) is 207 Å². The summed E-state index contributed by atoms with van der Waals surface area (Å²) in [5.74, 6) is -8.31. The molecule has 38 heavy (non-hydrogen) atoms. The number of aliphatic hydroxyl groups excluding tert-OH is 1. The van der Waals surface area contributed by atoms with E-state index in [2.05, 4.69) is 10.0 Å². The first-order chi connectivity index (χ1) is 16.6. The minimum Gasteiger partial charge on any atom is -0.385 e. The number of Topliss-reactive ketones (excluding diaryl/α,β-unsaturated/α-hetero) is 4. The number of nitrogens with zero attached hydrogens (tertiary/aromatic N) is 3. The highest BCUT2D eigenvalue weighted by Gasteiger charge is 2.84. The molecular formula is C26H43N3O9. The number of ketones is 4. The molecule has 1 saturated heterocycles. The molecule has 1 rings (SSSR count). The van der Waals surface area contributed by atoms with Crippen molar-refractivity contribution in [3.63, 3.8) is 0 Å². The van der Waals surface area contributed by atoms with Crippen molar-refractivity contribution >= 4 is 23.1 Å². The lowest BCUT2D eigenvalue weighted by Crippen LogP contribution is -2.77. The van der Waals surface area contributed by atoms with E-state index < -0.39 is 80.0 Å². The van der Waals surface area contributed by atoms with Crippen molar-refractivity contribution in [1.29, 1.82) is 0 Å². The maximum absolute atomic E-state index is 13.9. The molecule has 0 amide bonds. The van der Waals surface area contributed by atoms with E-state index in [0.717, 1.165) is 0 Å². The molecule has 0 aliphatic carbocycles. The van der Waals surface area contributed by atoms with Crippen LogP contribution in [0.1, 0.15) is 83.1 Å². The van der Waals surface area contributed by atoms with E-state index in [1.54, 1.807) is 0 Å². The lowest BCUT2D eigenvalue weighted by Gasteiger charge is -2.46. The summed E-state index contributed by atoms with van der Waals surface area (Å²) in [7, 11) is 0. The van der Waals surface area contributed by atoms with Gasteiger partial charge in [-0.3, -0.25) is 19.2 Å². The van der Waals surface area contributed by atoms with Gasteiger partial charge >= 0.3 is 0 Å². The summed E-state index contributed by atoms with van der Waals surface area (Å²) in [5, 5.41) is 50.6. The molecule has 0 radical (unpaired) electrons. The van der Waals surface area contributed by atoms with Gasteiger partial charge in [-0.2, -0.15) is 0 Å². The Balaban J connectivity index is 4.35. The van der Waals surface area contributed by atoms with Gasteiger partial charge in [-0.1, -0.05) is 88.2 Å². The average molecular weight is 542 g/mol. The molecule has 1 fully saturated rings. The van der Waals surface area contributed by atoms with E-state index in [1.165, 1.54) is 83.1 Å². The van der Waals surface area contributed by atoms with Gasteiger partial charge in [-0.15, -0.1) is 0 Å². The van der Waals surface area contributed by atoms with Crippen molar-refractivity contribution in [3.8, 4) is 0 Å². The molecule has 216 valence electrons. The van der Waals surface area contributed by atoms with Crippen LogP contribution in [0.2, 0.25) is 0 Å². The second-order valence-corrected chi connectivity index (χ2v) is 14.2. The summed E-state index contributed by atoms with van der Waals surface area (Å²) in [4.78, 5) is 57.1. The highest BCUT2D eigenvalue weighted by atomic mass is 16.7. The predicted octanol–water partition coefficient (Wildman–Crippen LogP) is 2.04. The van der Waals surface area contributed by atoms with Gasteiger partial charge in [0.1, 0.15) is 18.2 Å². The summed E-state index contributed by atoms with van der Waals surface area (Å²) < 4.78 is 5.59. The molecular weight excluding hydrogens is 498 g/mol. The summed E-state index contributed by atoms with van der Waals surface area (Å²) in [6, 6.07) is -2.15. The lowest BCUT2D eigenvalue weighted by molar-refractivity contribution is -0.259. The van der Waals surface area contributed by atoms with Gasteiger partial charge in [-0.25, -0.2) is 0 Å². The van der Waals surface area contributed by atoms with Gasteiger partial charge in [0.15, 0.2) is 23.0 Å². The highest BCUT2D eigenvalue weighted by Crippen LogP contribution is 2.55. The van der Waals surface area contributed by atoms with E-state index in [0.29, 0.717) is 0 Å². The number of carbonyl (C=O) groups is 4. The molecule has 12 heteroatoms. The van der Waals surface area contributed by atoms with E-state index in [9.17, 15) is 45.1 Å². The maximum atomic E-state index is 13.9. The van der Waals surface area contributed by atoms with Crippen LogP contribution in [-0.2, 0) is 23.9 Å². The number of azide groups is 1. The van der Waals surface area contributed by atoms with Crippen molar-refractivity contribution < 1.29 is 44.3 Å². The second-order valence-electron chi connectivity index (χ2n) is 14.2. The molecule has 0 spiro atoms. The van der Waals surface area contributed by atoms with Gasteiger partial charge in [0, 0.05) is 26.6 Å². The molecule has 6 atom stereocenters. The van der Waals surface area contributed by atoms with Gasteiger partial charge in [0.2, 0.25) is 11.4 Å². The summed E-state index contributed by atoms with van der Waals surface area (Å²) in [5.41, 5.74) is -3.66. The van der Waals surface area contributed by atoms with Gasteiger partial charge in [0.05, 0.1) is 0 Å². The molecule has 1 aliphatic heterocycles. The first kappa shape index (κ1) is 33.8. The molecule has 1 heterocycles. The fourth-order valence-corrected chi connectivity index (χ4v) is 4.54. The van der Waals surface area contributed by atoms with Crippen LogP contribution in [0.4, 0.5) is 0 Å². The van der Waals surface area contributed by atoms with Crippen LogP contribution in [0.3, 0.4) is 0 Å². The van der Waals surface area contributed by atoms with Crippen LogP contribution >= 0.6 is 0 Å². The second kappa shape index (κ2) is 9.76. The third-order valence-electron chi connectivity index (χ3n) is 6.60. The fraction of sp³-hybridized carbons (Fsp3) is 0.846. The molecule has 0 bridgehead atoms. The Hall–Kier alpha value is -2.21. The Labute approximate surface area is 223 Å². The number of carbonyl (C=O) groups excluding carboxylic acids is 4. The number of rotatable bonds is 7. The van der Waals surface area contributed by atoms with Crippen LogP contribution < -0.4 is 0 Å². The van der Waals surface area contributed by atoms with Crippen molar-refractivity contribution in [2.45, 2.75) is 118 Å². The van der Waals surface area contributed by atoms with E-state index in [4.69, 9.17) is 4.74 Å². The van der Waals surface area contributed by atoms with Crippen LogP contribution in [0.25, 0.3) is 10.4 Å². The highest BCUT2D eigenvalue weighted by molar-refractivity contribution is 6.10. The van der Waals surface area contributed by atoms with Gasteiger partial charge in [-0.05, 0) is 5.53 Å². The van der Waals surface area contributed by atoms with Crippen molar-refractivity contribution in [2.75, 3.05) is 0 Å². The molecule has 0 aromatic carbocycles. The summed E-state index contributed by atoms with van der Waals surface area (Å²) >= 11 is 0. The van der Waals surface area contributed by atoms with E-state index in [-0.39, 0.29) is 0 Å². The zero-order valence-electron chi connectivity index (χ0n) is 24.4. The Morgan fingerprint density at radius 3 is 1.47 bits per heavy atom. The van der Waals surface area contributed by atoms with Crippen molar-refractivity contribution in [3.05, 3.63) is 10.4 Å². The van der Waals surface area contributed by atoms with Crippen LogP contribution in [0, 0.1) is 21.7 Å². The minimum absolute atomic E-state index is 0.896. The number of hydrogen-bond acceptors (Lipinski definition) is 10. The normalized spacial score (nSPS) is 30.3. The molecule has 12 nitrogen and oxygen atoms in total. The molecule has 0 aromatic rings. The Morgan fingerprint density at radius 1 is 0.763 bits per heavy atom. The third kappa shape index (κ3) is 5.17. The third-order valence-corrected chi connectivity index (χ3v) is 6.60. The SMILES string of the molecule is CC(C)(C)C(=O)C(O)[C@@H](N=[N+]=[N-])[C@@H]1O[C@@](O)(C(=O)C(C)(C)C)[C@@](O)(C(=O)C(C)(C)C)[C@]1(O)C(=O)C(C)(C)C. The summed E-state index contributed by atoms with van der Waals surface area (Å²) in [6.45, 7) is 16.4. The van der Waals surface area contributed by atoms with Gasteiger partial charge in [0.25, 0.3) is 5.79 Å². The van der Waals surface area contributed by atoms with Gasteiger partial charge < -0.3 is 25.2 Å². The molecule has 0 aromatic heterocycles. The molecule has 1 aliphatic rings. The molecule has 0 saturated carbocycles. The van der Waals surface area contributed by atoms with E-state index >= 15 is 0 Å². The van der Waals surface area contributed by atoms with Crippen LogP contribution in [0.15, 0.2) is 5.11 Å². The number of aliphatic hydroxyl groups is 4. The lowest BCUT2D eigenvalue weighted by atomic mass is 9.59. The Morgan fingerprint density at radius 2 is 1.16 bits per heavy atom. The number of ether oxygens (including phenoxy) is 1. The first-order valence-corrected chi connectivity index (χ1v) is 12.3. The molecule has 1 unspecified atom stereocenters. The Bertz CT molecular complexity index is 1050. The standard InChI is InChI=1S/C26H43N3O9/c1-20(2,3)15(31)14(30)13(28-29-27)16-24(35,17(32)21(4,5)6)25(36,18(33)22(7,8)9)26(37,38-16)19(34)23(10,11)12/h13-14,16,30,35-37H,1-12H3/t13-,14?,16+,24-,25-,26+/m1/s1. The minimum atomic E-state index is -3.65. The average Bonchev–Trinajstić information content (AvgIpc) is 2.92. The van der Waals surface area contributed by atoms with Crippen molar-refractivity contribution in [1.82, 2.24) is 0 Å². The van der Waals surface area contributed by atoms with Crippen molar-refractivity contribution in [2.24, 2.45) is 26.8 Å². The monoisotopic (exact) mass is 541 g/mol. The smallest absolute Gasteiger partial charge is 0.268 e. The zero-order chi connectivity index (χ0) is 30.7. The first-order valence-electron chi connectivity index (χ1n) is 12.3. The number of hydrogen-bond donors (Lipinski definition) is 4. The van der Waals surface area contributed by atoms with Crippen LogP contribution in [0.5, 0.6) is 0 Å². The fourth-order valence-electron chi connectivity index (χ4n) is 4.54. The largest absolute Gasteiger partial charge is 0.385 e. The quantitative estimate of drug-likeness (QED) is 0.211. The molecule has 4 N–H and O–H groups in total. The van der Waals surface area contributed by atoms with Crippen LogP contribution in [-0.4, -0.2) is 78.8 Å². The predicted molar refractivity (Wildman–Crippen MR) is 137 cm³/mol. The summed E-state index contributed by atoms with van der Waals surface area (Å²) in [6.07, 6.45) is -4.63. The maximum Gasteiger partial charge on any atom is 0.268 e.